The van der Waals surface area contributed by atoms with Gasteiger partial charge in [-0.15, -0.1) is 0 Å². The predicted molar refractivity (Wildman–Crippen MR) is 33.4 cm³/mol. The molecule has 0 spiro atoms. The zero-order valence-electron chi connectivity index (χ0n) is 5.82. The van der Waals surface area contributed by atoms with Crippen molar-refractivity contribution >= 4 is 5.97 Å². The Labute approximate surface area is 63.4 Å². The monoisotopic (exact) mass is 153 g/mol. The number of oxazole rings is 1. The summed E-state index contributed by atoms with van der Waals surface area (Å²) in [6.07, 6.45) is 4.36. The van der Waals surface area contributed by atoms with E-state index in [0.717, 1.165) is 0 Å². The second-order valence-corrected chi connectivity index (χ2v) is 1.94. The standard InChI is InChI=1S/C7H7NO3/c1-2-3-8-4-5-11-6(8)7(9)10/h2,4-5H,1,3H2. The Morgan fingerprint density at radius 1 is 1.91 bits per heavy atom. The molecule has 0 saturated carbocycles. The smallest absolute Gasteiger partial charge is 0.397 e. The van der Waals surface area contributed by atoms with Crippen LogP contribution in [0.4, 0.5) is 0 Å². The highest BCUT2D eigenvalue weighted by molar-refractivity contribution is 5.78. The highest BCUT2D eigenvalue weighted by atomic mass is 16.4. The second-order valence-electron chi connectivity index (χ2n) is 1.94. The molecule has 58 valence electrons. The lowest BCUT2D eigenvalue weighted by molar-refractivity contribution is -0.694. The summed E-state index contributed by atoms with van der Waals surface area (Å²) in [4.78, 5) is 10.3. The lowest BCUT2D eigenvalue weighted by atomic mass is 10.5. The van der Waals surface area contributed by atoms with E-state index in [9.17, 15) is 9.90 Å². The molecule has 0 bridgehead atoms. The summed E-state index contributed by atoms with van der Waals surface area (Å²) >= 11 is 0. The number of carbonyl (C=O) groups excluding carboxylic acids is 1. The first-order valence-corrected chi connectivity index (χ1v) is 3.05. The number of carboxylic acids is 1. The Hall–Kier alpha value is -1.58. The van der Waals surface area contributed by atoms with Gasteiger partial charge >= 0.3 is 5.89 Å². The number of hydrogen-bond donors (Lipinski definition) is 0. The van der Waals surface area contributed by atoms with Crippen LogP contribution < -0.4 is 9.67 Å². The Bertz CT molecular complexity index is 277. The average molecular weight is 153 g/mol. The number of aromatic carboxylic acids is 1. The van der Waals surface area contributed by atoms with Gasteiger partial charge < -0.3 is 14.3 Å². The first kappa shape index (κ1) is 7.53. The van der Waals surface area contributed by atoms with Crippen LogP contribution in [-0.2, 0) is 6.54 Å². The van der Waals surface area contributed by atoms with E-state index >= 15 is 0 Å². The summed E-state index contributed by atoms with van der Waals surface area (Å²) in [5, 5.41) is 10.3. The fourth-order valence-electron chi connectivity index (χ4n) is 0.752. The maximum atomic E-state index is 10.3. The summed E-state index contributed by atoms with van der Waals surface area (Å²) in [6.45, 7) is 3.86. The first-order chi connectivity index (χ1) is 5.25. The third kappa shape index (κ3) is 1.46. The van der Waals surface area contributed by atoms with Gasteiger partial charge in [0.05, 0.1) is 0 Å². The van der Waals surface area contributed by atoms with Crippen LogP contribution in [0.3, 0.4) is 0 Å². The van der Waals surface area contributed by atoms with E-state index in [4.69, 9.17) is 0 Å². The maximum absolute atomic E-state index is 10.3. The van der Waals surface area contributed by atoms with Gasteiger partial charge in [0.25, 0.3) is 0 Å². The largest absolute Gasteiger partial charge is 0.537 e. The van der Waals surface area contributed by atoms with Crippen LogP contribution >= 0.6 is 0 Å². The molecule has 1 aromatic rings. The zero-order chi connectivity index (χ0) is 8.27. The minimum Gasteiger partial charge on any atom is -0.537 e. The molecule has 0 aliphatic heterocycles. The third-order valence-electron chi connectivity index (χ3n) is 1.18. The van der Waals surface area contributed by atoms with Crippen molar-refractivity contribution in [2.75, 3.05) is 0 Å². The minimum absolute atomic E-state index is 0.190. The van der Waals surface area contributed by atoms with Crippen LogP contribution in [0.15, 0.2) is 29.5 Å². The van der Waals surface area contributed by atoms with Crippen molar-refractivity contribution in [1.29, 1.82) is 0 Å². The van der Waals surface area contributed by atoms with Gasteiger partial charge in [-0.1, -0.05) is 6.58 Å². The van der Waals surface area contributed by atoms with Crippen LogP contribution in [0.1, 0.15) is 10.7 Å². The van der Waals surface area contributed by atoms with Crippen molar-refractivity contribution in [2.45, 2.75) is 6.54 Å². The second kappa shape index (κ2) is 3.01. The van der Waals surface area contributed by atoms with Crippen molar-refractivity contribution in [3.05, 3.63) is 31.0 Å². The van der Waals surface area contributed by atoms with Crippen LogP contribution in [0.25, 0.3) is 0 Å². The molecule has 0 aromatic carbocycles. The van der Waals surface area contributed by atoms with Crippen LogP contribution in [0.2, 0.25) is 0 Å². The van der Waals surface area contributed by atoms with Crippen LogP contribution in [0, 0.1) is 0 Å². The SMILES string of the molecule is C=CC[n+]1ccoc1C(=O)[O-]. The molecule has 1 aromatic heterocycles. The van der Waals surface area contributed by atoms with E-state index < -0.39 is 5.97 Å². The number of carboxylic acid groups (broad SMARTS) is 1. The Morgan fingerprint density at radius 3 is 3.18 bits per heavy atom. The summed E-state index contributed by atoms with van der Waals surface area (Å²) in [7, 11) is 0. The Balaban J connectivity index is 2.95. The number of hydrogen-bond acceptors (Lipinski definition) is 3. The van der Waals surface area contributed by atoms with E-state index in [1.807, 2.05) is 0 Å². The lowest BCUT2D eigenvalue weighted by Crippen LogP contribution is -2.41. The Morgan fingerprint density at radius 2 is 2.64 bits per heavy atom. The Kier molecular flexibility index (Phi) is 2.06. The van der Waals surface area contributed by atoms with E-state index in [2.05, 4.69) is 11.0 Å². The molecule has 0 radical (unpaired) electrons. The number of carbonyl (C=O) groups is 1. The molecule has 0 N–H and O–H groups in total. The average Bonchev–Trinajstić information content (AvgIpc) is 2.36. The molecule has 0 saturated heterocycles. The zero-order valence-corrected chi connectivity index (χ0v) is 5.82. The summed E-state index contributed by atoms with van der Waals surface area (Å²) in [5.74, 6) is -1.51. The quantitative estimate of drug-likeness (QED) is 0.418. The van der Waals surface area contributed by atoms with Crippen molar-refractivity contribution in [3.8, 4) is 0 Å². The molecule has 0 amide bonds. The minimum atomic E-state index is -1.32. The number of rotatable bonds is 3. The van der Waals surface area contributed by atoms with Gasteiger partial charge in [0.15, 0.2) is 18.8 Å². The third-order valence-corrected chi connectivity index (χ3v) is 1.18. The summed E-state index contributed by atoms with van der Waals surface area (Å²) in [6, 6.07) is 0. The normalized spacial score (nSPS) is 9.45. The first-order valence-electron chi connectivity index (χ1n) is 3.05. The fourth-order valence-corrected chi connectivity index (χ4v) is 0.752. The molecule has 4 nitrogen and oxygen atoms in total. The fraction of sp³-hybridized carbons (Fsp3) is 0.143. The summed E-state index contributed by atoms with van der Waals surface area (Å²) in [5.41, 5.74) is 0. The van der Waals surface area contributed by atoms with Gasteiger partial charge in [-0.3, -0.25) is 0 Å². The highest BCUT2D eigenvalue weighted by Crippen LogP contribution is 1.89. The molecule has 4 heteroatoms. The van der Waals surface area contributed by atoms with Crippen molar-refractivity contribution in [2.24, 2.45) is 0 Å². The van der Waals surface area contributed by atoms with E-state index in [-0.39, 0.29) is 5.89 Å². The van der Waals surface area contributed by atoms with Gasteiger partial charge in [-0.25, -0.2) is 0 Å². The molecular formula is C7H7NO3. The topological polar surface area (TPSA) is 57.2 Å². The molecule has 0 atom stereocenters. The van der Waals surface area contributed by atoms with E-state index in [1.165, 1.54) is 17.0 Å². The highest BCUT2D eigenvalue weighted by Gasteiger charge is 2.13. The van der Waals surface area contributed by atoms with E-state index in [1.54, 1.807) is 6.08 Å². The molecule has 1 rings (SSSR count). The molecule has 0 fully saturated rings. The summed E-state index contributed by atoms with van der Waals surface area (Å²) < 4.78 is 6.02. The molecular weight excluding hydrogens is 146 g/mol. The maximum Gasteiger partial charge on any atom is 0.397 e. The van der Waals surface area contributed by atoms with Gasteiger partial charge in [0.1, 0.15) is 0 Å². The molecule has 0 aliphatic rings. The van der Waals surface area contributed by atoms with Crippen molar-refractivity contribution in [3.63, 3.8) is 0 Å². The van der Waals surface area contributed by atoms with Crippen LogP contribution in [-0.4, -0.2) is 5.97 Å². The molecule has 0 unspecified atom stereocenters. The number of allylic oxidation sites excluding steroid dienone is 1. The lowest BCUT2D eigenvalue weighted by Gasteiger charge is -1.92. The van der Waals surface area contributed by atoms with Crippen molar-refractivity contribution < 1.29 is 18.9 Å². The number of nitrogens with zero attached hydrogens (tertiary/aromatic N) is 1. The molecule has 1 heterocycles. The van der Waals surface area contributed by atoms with Gasteiger partial charge in [-0.2, -0.15) is 4.57 Å². The van der Waals surface area contributed by atoms with Crippen molar-refractivity contribution in [1.82, 2.24) is 0 Å². The predicted octanol–water partition coefficient (Wildman–Crippen LogP) is -0.883. The molecule has 0 aliphatic carbocycles. The van der Waals surface area contributed by atoms with Gasteiger partial charge in [0, 0.05) is 0 Å². The van der Waals surface area contributed by atoms with Gasteiger partial charge in [0.2, 0.25) is 6.20 Å². The van der Waals surface area contributed by atoms with E-state index in [0.29, 0.717) is 6.54 Å². The van der Waals surface area contributed by atoms with Gasteiger partial charge in [-0.05, 0) is 6.08 Å². The molecule has 11 heavy (non-hydrogen) atoms. The number of aromatic nitrogens is 1. The van der Waals surface area contributed by atoms with Crippen LogP contribution in [0.5, 0.6) is 0 Å².